The predicted molar refractivity (Wildman–Crippen MR) is 61.6 cm³/mol. The van der Waals surface area contributed by atoms with E-state index in [0.717, 1.165) is 6.54 Å². The van der Waals surface area contributed by atoms with Crippen molar-refractivity contribution >= 4 is 11.5 Å². The second kappa shape index (κ2) is 5.51. The summed E-state index contributed by atoms with van der Waals surface area (Å²) in [4.78, 5) is 0. The molecule has 0 radical (unpaired) electrons. The first kappa shape index (κ1) is 11.7. The van der Waals surface area contributed by atoms with Gasteiger partial charge in [-0.1, -0.05) is 0 Å². The Kier molecular flexibility index (Phi) is 3.78. The van der Waals surface area contributed by atoms with E-state index in [1.807, 2.05) is 6.07 Å². The fourth-order valence-corrected chi connectivity index (χ4v) is 1.33. The number of nitrogens with one attached hydrogen (secondary N) is 2. The standard InChI is InChI=1S/C9H15N7O/c1-7(17)6-10-4-5-11-8-2-3-9-12-14-15-16(9)13-8/h2-3,7,10,17H,4-6H2,1H3,(H,11,13). The molecule has 0 spiro atoms. The summed E-state index contributed by atoms with van der Waals surface area (Å²) in [6.07, 6.45) is -0.328. The summed E-state index contributed by atoms with van der Waals surface area (Å²) in [6, 6.07) is 3.61. The van der Waals surface area contributed by atoms with Gasteiger partial charge in [0.05, 0.1) is 6.10 Å². The van der Waals surface area contributed by atoms with Crippen LogP contribution in [0.25, 0.3) is 5.65 Å². The van der Waals surface area contributed by atoms with Gasteiger partial charge in [0.25, 0.3) is 0 Å². The summed E-state index contributed by atoms with van der Waals surface area (Å²) < 4.78 is 1.37. The fourth-order valence-electron chi connectivity index (χ4n) is 1.33. The summed E-state index contributed by atoms with van der Waals surface area (Å²) in [6.45, 7) is 3.79. The van der Waals surface area contributed by atoms with Gasteiger partial charge in [0.1, 0.15) is 5.82 Å². The van der Waals surface area contributed by atoms with Gasteiger partial charge in [-0.25, -0.2) is 0 Å². The molecule has 0 aliphatic rings. The van der Waals surface area contributed by atoms with Crippen molar-refractivity contribution in [3.63, 3.8) is 0 Å². The molecule has 1 atom stereocenters. The Hall–Kier alpha value is -1.80. The van der Waals surface area contributed by atoms with Crippen LogP contribution in [0.1, 0.15) is 6.92 Å². The average molecular weight is 237 g/mol. The molecule has 1 unspecified atom stereocenters. The topological polar surface area (TPSA) is 100 Å². The minimum absolute atomic E-state index is 0.328. The van der Waals surface area contributed by atoms with Gasteiger partial charge >= 0.3 is 0 Å². The normalized spacial score (nSPS) is 12.8. The van der Waals surface area contributed by atoms with Crippen LogP contribution < -0.4 is 10.6 Å². The van der Waals surface area contributed by atoms with Gasteiger partial charge in [0, 0.05) is 19.6 Å². The molecule has 0 amide bonds. The number of hydrogen-bond acceptors (Lipinski definition) is 7. The highest BCUT2D eigenvalue weighted by atomic mass is 16.3. The highest BCUT2D eigenvalue weighted by Crippen LogP contribution is 2.01. The first-order valence-corrected chi connectivity index (χ1v) is 5.44. The minimum atomic E-state index is -0.328. The van der Waals surface area contributed by atoms with Crippen molar-refractivity contribution in [1.29, 1.82) is 0 Å². The molecule has 8 heteroatoms. The smallest absolute Gasteiger partial charge is 0.200 e. The van der Waals surface area contributed by atoms with Crippen molar-refractivity contribution in [3.8, 4) is 0 Å². The molecule has 3 N–H and O–H groups in total. The molecule has 0 aliphatic heterocycles. The maximum atomic E-state index is 9.04. The van der Waals surface area contributed by atoms with E-state index in [4.69, 9.17) is 5.11 Å². The third-order valence-electron chi connectivity index (χ3n) is 2.12. The van der Waals surface area contributed by atoms with Crippen LogP contribution in [-0.4, -0.2) is 56.1 Å². The molecular formula is C9H15N7O. The number of rotatable bonds is 6. The Morgan fingerprint density at radius 1 is 1.41 bits per heavy atom. The van der Waals surface area contributed by atoms with Gasteiger partial charge in [-0.05, 0) is 29.5 Å². The van der Waals surface area contributed by atoms with Gasteiger partial charge in [-0.3, -0.25) is 0 Å². The number of aromatic nitrogens is 5. The molecule has 2 heterocycles. The van der Waals surface area contributed by atoms with Crippen LogP contribution in [0.5, 0.6) is 0 Å². The second-order valence-electron chi connectivity index (χ2n) is 3.73. The monoisotopic (exact) mass is 237 g/mol. The van der Waals surface area contributed by atoms with E-state index in [-0.39, 0.29) is 6.10 Å². The van der Waals surface area contributed by atoms with Crippen LogP contribution in [0.3, 0.4) is 0 Å². The molecule has 0 fully saturated rings. The lowest BCUT2D eigenvalue weighted by Gasteiger charge is -2.08. The summed E-state index contributed by atoms with van der Waals surface area (Å²) in [5, 5.41) is 30.4. The molecule has 0 saturated heterocycles. The van der Waals surface area contributed by atoms with Gasteiger partial charge < -0.3 is 15.7 Å². The number of anilines is 1. The van der Waals surface area contributed by atoms with Crippen LogP contribution in [0.4, 0.5) is 5.82 Å². The third-order valence-corrected chi connectivity index (χ3v) is 2.12. The zero-order valence-corrected chi connectivity index (χ0v) is 9.54. The summed E-state index contributed by atoms with van der Waals surface area (Å²) in [7, 11) is 0. The van der Waals surface area contributed by atoms with E-state index >= 15 is 0 Å². The first-order chi connectivity index (χ1) is 8.25. The number of aliphatic hydroxyl groups is 1. The highest BCUT2D eigenvalue weighted by molar-refractivity contribution is 5.41. The lowest BCUT2D eigenvalue weighted by Crippen LogP contribution is -2.29. The quantitative estimate of drug-likeness (QED) is 0.548. The minimum Gasteiger partial charge on any atom is -0.392 e. The molecule has 17 heavy (non-hydrogen) atoms. The maximum absolute atomic E-state index is 9.04. The lowest BCUT2D eigenvalue weighted by atomic mass is 10.4. The average Bonchev–Trinajstić information content (AvgIpc) is 2.75. The largest absolute Gasteiger partial charge is 0.392 e. The van der Waals surface area contributed by atoms with Crippen molar-refractivity contribution in [2.75, 3.05) is 25.0 Å². The third kappa shape index (κ3) is 3.33. The number of hydrogen-bond donors (Lipinski definition) is 3. The predicted octanol–water partition coefficient (Wildman–Crippen LogP) is -1.10. The van der Waals surface area contributed by atoms with Gasteiger partial charge in [-0.15, -0.1) is 14.8 Å². The van der Waals surface area contributed by atoms with E-state index in [1.54, 1.807) is 13.0 Å². The van der Waals surface area contributed by atoms with Gasteiger partial charge in [-0.2, -0.15) is 0 Å². The van der Waals surface area contributed by atoms with Gasteiger partial charge in [0.2, 0.25) is 0 Å². The zero-order valence-electron chi connectivity index (χ0n) is 9.54. The van der Waals surface area contributed by atoms with E-state index in [0.29, 0.717) is 24.6 Å². The SMILES string of the molecule is CC(O)CNCCNc1ccc2nnnn2n1. The van der Waals surface area contributed by atoms with Crippen molar-refractivity contribution in [1.82, 2.24) is 30.6 Å². The molecule has 0 bridgehead atoms. The van der Waals surface area contributed by atoms with E-state index < -0.39 is 0 Å². The summed E-state index contributed by atoms with van der Waals surface area (Å²) in [5.41, 5.74) is 0.614. The number of nitrogens with zero attached hydrogens (tertiary/aromatic N) is 5. The Labute approximate surface area is 98.0 Å². The molecular weight excluding hydrogens is 222 g/mol. The molecule has 0 aliphatic carbocycles. The Balaban J connectivity index is 1.78. The van der Waals surface area contributed by atoms with Gasteiger partial charge in [0.15, 0.2) is 5.65 Å². The van der Waals surface area contributed by atoms with Crippen LogP contribution in [0, 0.1) is 0 Å². The lowest BCUT2D eigenvalue weighted by molar-refractivity contribution is 0.192. The van der Waals surface area contributed by atoms with Crippen molar-refractivity contribution in [2.45, 2.75) is 13.0 Å². The number of aliphatic hydroxyl groups excluding tert-OH is 1. The molecule has 8 nitrogen and oxygen atoms in total. The van der Waals surface area contributed by atoms with E-state index in [9.17, 15) is 0 Å². The fraction of sp³-hybridized carbons (Fsp3) is 0.556. The second-order valence-corrected chi connectivity index (χ2v) is 3.73. The maximum Gasteiger partial charge on any atom is 0.200 e. The molecule has 0 aromatic carbocycles. The Bertz CT molecular complexity index is 469. The van der Waals surface area contributed by atoms with Crippen LogP contribution in [0.2, 0.25) is 0 Å². The Morgan fingerprint density at radius 3 is 3.12 bits per heavy atom. The van der Waals surface area contributed by atoms with Crippen molar-refractivity contribution < 1.29 is 5.11 Å². The van der Waals surface area contributed by atoms with Crippen LogP contribution >= 0.6 is 0 Å². The molecule has 2 rings (SSSR count). The summed E-state index contributed by atoms with van der Waals surface area (Å²) >= 11 is 0. The van der Waals surface area contributed by atoms with Crippen LogP contribution in [-0.2, 0) is 0 Å². The highest BCUT2D eigenvalue weighted by Gasteiger charge is 1.99. The number of tetrazole rings is 1. The molecule has 0 saturated carbocycles. The van der Waals surface area contributed by atoms with Crippen molar-refractivity contribution in [3.05, 3.63) is 12.1 Å². The zero-order chi connectivity index (χ0) is 12.1. The first-order valence-electron chi connectivity index (χ1n) is 5.44. The molecule has 2 aromatic heterocycles. The van der Waals surface area contributed by atoms with E-state index in [2.05, 4.69) is 31.3 Å². The Morgan fingerprint density at radius 2 is 2.29 bits per heavy atom. The van der Waals surface area contributed by atoms with E-state index in [1.165, 1.54) is 4.63 Å². The molecule has 92 valence electrons. The van der Waals surface area contributed by atoms with Crippen molar-refractivity contribution in [2.24, 2.45) is 0 Å². The molecule has 2 aromatic rings. The summed E-state index contributed by atoms with van der Waals surface area (Å²) in [5.74, 6) is 0.712. The van der Waals surface area contributed by atoms with Crippen LogP contribution in [0.15, 0.2) is 12.1 Å². The number of fused-ring (bicyclic) bond motifs is 1.